The summed E-state index contributed by atoms with van der Waals surface area (Å²) >= 11 is 0. The Kier molecular flexibility index (Phi) is 7.10. The Hall–Kier alpha value is -1.43. The van der Waals surface area contributed by atoms with E-state index in [2.05, 4.69) is 10.1 Å². The van der Waals surface area contributed by atoms with Crippen LogP contribution in [0, 0.1) is 0 Å². The van der Waals surface area contributed by atoms with Crippen molar-refractivity contribution in [2.75, 3.05) is 13.2 Å². The second kappa shape index (κ2) is 8.63. The Balaban J connectivity index is 2.66. The first-order chi connectivity index (χ1) is 9.22. The number of ether oxygens (including phenoxy) is 2. The normalized spacial score (nSPS) is 12.4. The van der Waals surface area contributed by atoms with E-state index in [4.69, 9.17) is 14.0 Å². The molecular weight excluding hydrogens is 248 g/mol. The zero-order chi connectivity index (χ0) is 14.1. The van der Waals surface area contributed by atoms with Crippen LogP contribution < -0.4 is 0 Å². The van der Waals surface area contributed by atoms with Gasteiger partial charge >= 0.3 is 5.97 Å². The number of carbonyl (C=O) groups is 1. The molecule has 0 radical (unpaired) electrons. The Labute approximate surface area is 113 Å². The highest BCUT2D eigenvalue weighted by atomic mass is 16.5. The summed E-state index contributed by atoms with van der Waals surface area (Å²) in [6, 6.07) is 0. The number of hydrogen-bond donors (Lipinski definition) is 0. The van der Waals surface area contributed by atoms with Gasteiger partial charge in [-0.2, -0.15) is 4.98 Å². The average molecular weight is 270 g/mol. The van der Waals surface area contributed by atoms with Crippen LogP contribution in [0.15, 0.2) is 4.52 Å². The lowest BCUT2D eigenvalue weighted by atomic mass is 10.0. The molecule has 0 saturated heterocycles. The zero-order valence-electron chi connectivity index (χ0n) is 11.8. The first-order valence-electron chi connectivity index (χ1n) is 6.79. The van der Waals surface area contributed by atoms with Gasteiger partial charge in [-0.15, -0.1) is 0 Å². The molecule has 0 aromatic carbocycles. The maximum absolute atomic E-state index is 11.8. The molecule has 19 heavy (non-hydrogen) atoms. The van der Waals surface area contributed by atoms with Crippen molar-refractivity contribution in [1.29, 1.82) is 0 Å². The number of esters is 1. The monoisotopic (exact) mass is 270 g/mol. The standard InChI is InChI=1S/C13H22N2O4/c1-4-7-10(13(16)18-6-3)12-14-11(15-19-12)9-17-8-5-2/h10H,4-9H2,1-3H3. The maximum atomic E-state index is 11.8. The summed E-state index contributed by atoms with van der Waals surface area (Å²) in [7, 11) is 0. The third kappa shape index (κ3) is 4.98. The Bertz CT molecular complexity index is 378. The van der Waals surface area contributed by atoms with Crippen LogP contribution in [0.4, 0.5) is 0 Å². The van der Waals surface area contributed by atoms with Gasteiger partial charge in [-0.1, -0.05) is 25.4 Å². The molecular formula is C13H22N2O4. The highest BCUT2D eigenvalue weighted by Crippen LogP contribution is 2.21. The van der Waals surface area contributed by atoms with Crippen molar-refractivity contribution in [1.82, 2.24) is 10.1 Å². The quantitative estimate of drug-likeness (QED) is 0.507. The topological polar surface area (TPSA) is 74.5 Å². The molecule has 6 nitrogen and oxygen atoms in total. The van der Waals surface area contributed by atoms with Crippen molar-refractivity contribution in [3.8, 4) is 0 Å². The summed E-state index contributed by atoms with van der Waals surface area (Å²) in [5.74, 6) is -0.00403. The van der Waals surface area contributed by atoms with E-state index < -0.39 is 5.92 Å². The Morgan fingerprint density at radius 2 is 2.11 bits per heavy atom. The zero-order valence-corrected chi connectivity index (χ0v) is 11.8. The van der Waals surface area contributed by atoms with Gasteiger partial charge in [0.15, 0.2) is 5.82 Å². The second-order valence-electron chi connectivity index (χ2n) is 4.19. The van der Waals surface area contributed by atoms with E-state index in [0.717, 1.165) is 12.8 Å². The fourth-order valence-electron chi connectivity index (χ4n) is 1.65. The molecule has 0 fully saturated rings. The van der Waals surface area contributed by atoms with Crippen LogP contribution in [0.2, 0.25) is 0 Å². The number of nitrogens with zero attached hydrogens (tertiary/aromatic N) is 2. The van der Waals surface area contributed by atoms with Gasteiger partial charge in [-0.3, -0.25) is 4.79 Å². The van der Waals surface area contributed by atoms with Crippen LogP contribution >= 0.6 is 0 Å². The molecule has 0 spiro atoms. The molecule has 1 rings (SSSR count). The SMILES string of the molecule is CCCOCc1noc(C(CCC)C(=O)OCC)n1. The van der Waals surface area contributed by atoms with Crippen molar-refractivity contribution in [3.05, 3.63) is 11.7 Å². The third-order valence-electron chi connectivity index (χ3n) is 2.51. The van der Waals surface area contributed by atoms with Gasteiger partial charge < -0.3 is 14.0 Å². The molecule has 0 bridgehead atoms. The molecule has 108 valence electrons. The van der Waals surface area contributed by atoms with Gasteiger partial charge in [0, 0.05) is 6.61 Å². The first kappa shape index (κ1) is 15.6. The van der Waals surface area contributed by atoms with Crippen LogP contribution in [-0.2, 0) is 20.9 Å². The van der Waals surface area contributed by atoms with E-state index in [0.29, 0.717) is 38.0 Å². The van der Waals surface area contributed by atoms with E-state index in [1.165, 1.54) is 0 Å². The van der Waals surface area contributed by atoms with Gasteiger partial charge in [0.1, 0.15) is 12.5 Å². The van der Waals surface area contributed by atoms with Crippen molar-refractivity contribution < 1.29 is 18.8 Å². The van der Waals surface area contributed by atoms with Crippen LogP contribution in [-0.4, -0.2) is 29.3 Å². The molecule has 1 unspecified atom stereocenters. The van der Waals surface area contributed by atoms with Gasteiger partial charge in [0.25, 0.3) is 0 Å². The summed E-state index contributed by atoms with van der Waals surface area (Å²) in [5.41, 5.74) is 0. The first-order valence-corrected chi connectivity index (χ1v) is 6.79. The summed E-state index contributed by atoms with van der Waals surface area (Å²) in [4.78, 5) is 16.0. The Morgan fingerprint density at radius 1 is 1.32 bits per heavy atom. The summed E-state index contributed by atoms with van der Waals surface area (Å²) < 4.78 is 15.5. The number of hydrogen-bond acceptors (Lipinski definition) is 6. The van der Waals surface area contributed by atoms with E-state index in [1.54, 1.807) is 6.92 Å². The largest absolute Gasteiger partial charge is 0.465 e. The van der Waals surface area contributed by atoms with Gasteiger partial charge in [0.05, 0.1) is 6.61 Å². The van der Waals surface area contributed by atoms with E-state index in [-0.39, 0.29) is 5.97 Å². The highest BCUT2D eigenvalue weighted by Gasteiger charge is 2.27. The lowest BCUT2D eigenvalue weighted by Gasteiger charge is -2.09. The minimum absolute atomic E-state index is 0.305. The summed E-state index contributed by atoms with van der Waals surface area (Å²) in [5, 5.41) is 3.81. The predicted octanol–water partition coefficient (Wildman–Crippen LogP) is 2.44. The molecule has 0 saturated carbocycles. The van der Waals surface area contributed by atoms with E-state index in [1.807, 2.05) is 13.8 Å². The molecule has 0 aliphatic heterocycles. The molecule has 0 amide bonds. The average Bonchev–Trinajstić information content (AvgIpc) is 2.85. The molecule has 0 N–H and O–H groups in total. The molecule has 0 aliphatic rings. The van der Waals surface area contributed by atoms with Crippen molar-refractivity contribution in [2.45, 2.75) is 52.6 Å². The van der Waals surface area contributed by atoms with Crippen LogP contribution in [0.5, 0.6) is 0 Å². The minimum Gasteiger partial charge on any atom is -0.465 e. The van der Waals surface area contributed by atoms with Crippen LogP contribution in [0.1, 0.15) is 57.7 Å². The number of aromatic nitrogens is 2. The highest BCUT2D eigenvalue weighted by molar-refractivity contribution is 5.76. The molecule has 6 heteroatoms. The number of rotatable bonds is 9. The van der Waals surface area contributed by atoms with Gasteiger partial charge in [-0.25, -0.2) is 0 Å². The van der Waals surface area contributed by atoms with Crippen molar-refractivity contribution in [2.24, 2.45) is 0 Å². The molecule has 1 atom stereocenters. The summed E-state index contributed by atoms with van der Waals surface area (Å²) in [6.07, 6.45) is 2.41. The van der Waals surface area contributed by atoms with Crippen molar-refractivity contribution in [3.63, 3.8) is 0 Å². The Morgan fingerprint density at radius 3 is 2.74 bits per heavy atom. The van der Waals surface area contributed by atoms with E-state index in [9.17, 15) is 4.79 Å². The fourth-order valence-corrected chi connectivity index (χ4v) is 1.65. The molecule has 1 heterocycles. The lowest BCUT2D eigenvalue weighted by Crippen LogP contribution is -2.16. The number of carbonyl (C=O) groups excluding carboxylic acids is 1. The van der Waals surface area contributed by atoms with Gasteiger partial charge in [0.2, 0.25) is 5.89 Å². The van der Waals surface area contributed by atoms with Gasteiger partial charge in [-0.05, 0) is 19.8 Å². The lowest BCUT2D eigenvalue weighted by molar-refractivity contribution is -0.145. The van der Waals surface area contributed by atoms with Crippen molar-refractivity contribution >= 4 is 5.97 Å². The summed E-state index contributed by atoms with van der Waals surface area (Å²) in [6.45, 7) is 7.10. The maximum Gasteiger partial charge on any atom is 0.318 e. The molecule has 1 aromatic rings. The fraction of sp³-hybridized carbons (Fsp3) is 0.769. The third-order valence-corrected chi connectivity index (χ3v) is 2.51. The smallest absolute Gasteiger partial charge is 0.318 e. The van der Waals surface area contributed by atoms with Crippen LogP contribution in [0.25, 0.3) is 0 Å². The van der Waals surface area contributed by atoms with E-state index >= 15 is 0 Å². The minimum atomic E-state index is -0.475. The molecule has 1 aromatic heterocycles. The molecule has 0 aliphatic carbocycles. The van der Waals surface area contributed by atoms with Crippen LogP contribution in [0.3, 0.4) is 0 Å². The predicted molar refractivity (Wildman–Crippen MR) is 68.5 cm³/mol. The second-order valence-corrected chi connectivity index (χ2v) is 4.19.